The first-order chi connectivity index (χ1) is 19.8. The molecule has 0 unspecified atom stereocenters. The molecule has 11 nitrogen and oxygen atoms in total. The van der Waals surface area contributed by atoms with Crippen LogP contribution < -0.4 is 20.7 Å². The van der Waals surface area contributed by atoms with Crippen LogP contribution in [0, 0.1) is 0 Å². The van der Waals surface area contributed by atoms with Crippen molar-refractivity contribution in [2.75, 3.05) is 46.5 Å². The summed E-state index contributed by atoms with van der Waals surface area (Å²) in [6, 6.07) is 13.1. The third-order valence-corrected chi connectivity index (χ3v) is 7.38. The average molecular weight is 566 g/mol. The first-order valence-electron chi connectivity index (χ1n) is 14.0. The fourth-order valence-corrected chi connectivity index (χ4v) is 4.77. The monoisotopic (exact) mass is 565 g/mol. The van der Waals surface area contributed by atoms with Gasteiger partial charge in [0, 0.05) is 39.6 Å². The number of ether oxygens (including phenoxy) is 2. The molecule has 3 N–H and O–H groups in total. The third kappa shape index (κ3) is 8.51. The highest BCUT2D eigenvalue weighted by atomic mass is 16.5. The Hall–Kier alpha value is -3.96. The number of hydrogen-bond acceptors (Lipinski definition) is 7. The number of fused-ring (bicyclic) bond motifs is 1. The van der Waals surface area contributed by atoms with Crippen LogP contribution in [0.2, 0.25) is 0 Å². The van der Waals surface area contributed by atoms with Crippen LogP contribution in [-0.2, 0) is 32.2 Å². The Labute approximate surface area is 240 Å². The van der Waals surface area contributed by atoms with Gasteiger partial charge in [0.1, 0.15) is 24.4 Å². The van der Waals surface area contributed by atoms with Gasteiger partial charge in [0.25, 0.3) is 5.91 Å². The van der Waals surface area contributed by atoms with Crippen molar-refractivity contribution in [2.45, 2.75) is 44.9 Å². The SMILES string of the molecule is C[C@H]1C(=O)NCCOc2ccccc2C(=O)N[C@H](C(=O)NCc2cccc(CN3CCOCC3)c2)CCC(=O)N1C. The number of amides is 4. The van der Waals surface area contributed by atoms with Crippen LogP contribution in [0.15, 0.2) is 48.5 Å². The van der Waals surface area contributed by atoms with Gasteiger partial charge in [-0.15, -0.1) is 0 Å². The molecular weight excluding hydrogens is 526 g/mol. The van der Waals surface area contributed by atoms with E-state index in [0.717, 1.165) is 44.0 Å². The maximum absolute atomic E-state index is 13.4. The number of morpholine rings is 1. The molecule has 2 heterocycles. The number of nitrogens with zero attached hydrogens (tertiary/aromatic N) is 2. The summed E-state index contributed by atoms with van der Waals surface area (Å²) in [5, 5.41) is 8.47. The molecule has 4 rings (SSSR count). The number of benzene rings is 2. The Balaban J connectivity index is 1.47. The molecule has 0 aromatic heterocycles. The molecule has 2 atom stereocenters. The zero-order chi connectivity index (χ0) is 29.2. The lowest BCUT2D eigenvalue weighted by atomic mass is 10.1. The van der Waals surface area contributed by atoms with Crippen molar-refractivity contribution in [1.29, 1.82) is 0 Å². The molecule has 4 amide bonds. The van der Waals surface area contributed by atoms with Gasteiger partial charge in [-0.2, -0.15) is 0 Å². The van der Waals surface area contributed by atoms with Crippen molar-refractivity contribution in [3.63, 3.8) is 0 Å². The first-order valence-corrected chi connectivity index (χ1v) is 14.0. The molecule has 2 aromatic carbocycles. The van der Waals surface area contributed by atoms with E-state index in [1.807, 2.05) is 12.1 Å². The summed E-state index contributed by atoms with van der Waals surface area (Å²) in [6.07, 6.45) is 0.0366. The molecule has 220 valence electrons. The minimum atomic E-state index is -0.973. The lowest BCUT2D eigenvalue weighted by Gasteiger charge is -2.26. The van der Waals surface area contributed by atoms with Crippen LogP contribution in [0.3, 0.4) is 0 Å². The van der Waals surface area contributed by atoms with E-state index in [4.69, 9.17) is 9.47 Å². The van der Waals surface area contributed by atoms with E-state index >= 15 is 0 Å². The van der Waals surface area contributed by atoms with Gasteiger partial charge in [-0.05, 0) is 36.6 Å². The van der Waals surface area contributed by atoms with Crippen LogP contribution in [0.25, 0.3) is 0 Å². The second-order valence-electron chi connectivity index (χ2n) is 10.3. The molecular formula is C30H39N5O6. The molecule has 2 aliphatic heterocycles. The first kappa shape index (κ1) is 30.0. The summed E-state index contributed by atoms with van der Waals surface area (Å²) in [4.78, 5) is 55.7. The number of para-hydroxylation sites is 1. The summed E-state index contributed by atoms with van der Waals surface area (Å²) >= 11 is 0. The number of carbonyl (C=O) groups is 4. The fraction of sp³-hybridized carbons (Fsp3) is 0.467. The van der Waals surface area contributed by atoms with Gasteiger partial charge in [-0.3, -0.25) is 24.1 Å². The highest BCUT2D eigenvalue weighted by Gasteiger charge is 2.27. The Morgan fingerprint density at radius 1 is 1.02 bits per heavy atom. The van der Waals surface area contributed by atoms with Gasteiger partial charge in [-0.1, -0.05) is 36.4 Å². The van der Waals surface area contributed by atoms with E-state index in [0.29, 0.717) is 5.75 Å². The van der Waals surface area contributed by atoms with Crippen molar-refractivity contribution in [3.8, 4) is 5.75 Å². The molecule has 1 fully saturated rings. The largest absolute Gasteiger partial charge is 0.491 e. The van der Waals surface area contributed by atoms with E-state index in [2.05, 4.69) is 33.0 Å². The van der Waals surface area contributed by atoms with E-state index in [1.165, 1.54) is 4.90 Å². The van der Waals surface area contributed by atoms with Gasteiger partial charge in [0.05, 0.1) is 25.3 Å². The van der Waals surface area contributed by atoms with Crippen molar-refractivity contribution >= 4 is 23.6 Å². The summed E-state index contributed by atoms with van der Waals surface area (Å²) in [5.74, 6) is -1.16. The zero-order valence-corrected chi connectivity index (χ0v) is 23.7. The standard InChI is InChI=1S/C30H39N5O6/c1-21-28(37)31-12-15-41-26-9-4-3-8-24(26)29(38)33-25(10-11-27(36)34(21)2)30(39)32-19-22-6-5-7-23(18-22)20-35-13-16-40-17-14-35/h3-9,18,21,25H,10-17,19-20H2,1-2H3,(H,31,37)(H,32,39)(H,33,38)/t21-,25-/m0/s1. The minimum absolute atomic E-state index is 0.0281. The normalized spacial score (nSPS) is 21.4. The van der Waals surface area contributed by atoms with Gasteiger partial charge in [-0.25, -0.2) is 0 Å². The van der Waals surface area contributed by atoms with Gasteiger partial charge >= 0.3 is 0 Å². The summed E-state index contributed by atoms with van der Waals surface area (Å²) in [6.45, 7) is 6.27. The highest BCUT2D eigenvalue weighted by Crippen LogP contribution is 2.19. The smallest absolute Gasteiger partial charge is 0.255 e. The molecule has 2 aliphatic rings. The van der Waals surface area contributed by atoms with Crippen molar-refractivity contribution in [2.24, 2.45) is 0 Å². The summed E-state index contributed by atoms with van der Waals surface area (Å²) in [5.41, 5.74) is 2.34. The zero-order valence-electron chi connectivity index (χ0n) is 23.7. The number of hydrogen-bond donors (Lipinski definition) is 3. The minimum Gasteiger partial charge on any atom is -0.491 e. The van der Waals surface area contributed by atoms with Gasteiger partial charge in [0.15, 0.2) is 0 Å². The molecule has 0 aliphatic carbocycles. The highest BCUT2D eigenvalue weighted by molar-refractivity contribution is 5.99. The topological polar surface area (TPSA) is 129 Å². The second-order valence-corrected chi connectivity index (χ2v) is 10.3. The van der Waals surface area contributed by atoms with E-state index < -0.39 is 23.9 Å². The molecule has 0 bridgehead atoms. The number of carbonyl (C=O) groups excluding carboxylic acids is 4. The quantitative estimate of drug-likeness (QED) is 0.495. The summed E-state index contributed by atoms with van der Waals surface area (Å²) in [7, 11) is 1.55. The molecule has 0 radical (unpaired) electrons. The Morgan fingerprint density at radius 3 is 2.59 bits per heavy atom. The van der Waals surface area contributed by atoms with E-state index in [-0.39, 0.29) is 49.9 Å². The maximum atomic E-state index is 13.4. The fourth-order valence-electron chi connectivity index (χ4n) is 4.77. The van der Waals surface area contributed by atoms with E-state index in [1.54, 1.807) is 38.2 Å². The molecule has 0 saturated carbocycles. The number of rotatable bonds is 5. The van der Waals surface area contributed by atoms with Crippen LogP contribution in [-0.4, -0.2) is 92.0 Å². The predicted molar refractivity (Wildman–Crippen MR) is 152 cm³/mol. The Kier molecular flexibility index (Phi) is 10.7. The number of likely N-dealkylation sites (N-methyl/N-ethyl adjacent to an activating group) is 1. The van der Waals surface area contributed by atoms with Crippen LogP contribution >= 0.6 is 0 Å². The molecule has 1 saturated heterocycles. The van der Waals surface area contributed by atoms with Crippen LogP contribution in [0.4, 0.5) is 0 Å². The molecule has 0 spiro atoms. The van der Waals surface area contributed by atoms with Crippen molar-refractivity contribution in [3.05, 3.63) is 65.2 Å². The van der Waals surface area contributed by atoms with Crippen molar-refractivity contribution in [1.82, 2.24) is 25.8 Å². The average Bonchev–Trinajstić information content (AvgIpc) is 2.99. The Bertz CT molecular complexity index is 1230. The van der Waals surface area contributed by atoms with Crippen LogP contribution in [0.1, 0.15) is 41.3 Å². The lowest BCUT2D eigenvalue weighted by molar-refractivity contribution is -0.138. The van der Waals surface area contributed by atoms with Gasteiger partial charge < -0.3 is 30.3 Å². The van der Waals surface area contributed by atoms with E-state index in [9.17, 15) is 19.2 Å². The third-order valence-electron chi connectivity index (χ3n) is 7.38. The molecule has 41 heavy (non-hydrogen) atoms. The lowest BCUT2D eigenvalue weighted by Crippen LogP contribution is -2.48. The Morgan fingerprint density at radius 2 is 1.78 bits per heavy atom. The predicted octanol–water partition coefficient (Wildman–Crippen LogP) is 1.07. The molecule has 2 aromatic rings. The van der Waals surface area contributed by atoms with Crippen LogP contribution in [0.5, 0.6) is 5.75 Å². The summed E-state index contributed by atoms with van der Waals surface area (Å²) < 4.78 is 11.2. The van der Waals surface area contributed by atoms with Crippen molar-refractivity contribution < 1.29 is 28.7 Å². The second kappa shape index (κ2) is 14.6. The maximum Gasteiger partial charge on any atom is 0.255 e. The molecule has 11 heteroatoms. The number of nitrogens with one attached hydrogen (secondary N) is 3. The van der Waals surface area contributed by atoms with Gasteiger partial charge in [0.2, 0.25) is 17.7 Å².